The van der Waals surface area contributed by atoms with Gasteiger partial charge in [-0.3, -0.25) is 0 Å². The highest BCUT2D eigenvalue weighted by Crippen LogP contribution is 2.14. The maximum absolute atomic E-state index is 13.3. The molecule has 0 fully saturated rings. The Bertz CT molecular complexity index is 352. The number of nitrogens with zero attached hydrogens (tertiary/aromatic N) is 1. The van der Waals surface area contributed by atoms with E-state index >= 15 is 0 Å². The number of nitrogens with two attached hydrogens (primary N) is 1. The summed E-state index contributed by atoms with van der Waals surface area (Å²) >= 11 is 4.69. The van der Waals surface area contributed by atoms with Gasteiger partial charge in [-0.25, -0.2) is 9.40 Å². The summed E-state index contributed by atoms with van der Waals surface area (Å²) < 4.78 is 13.3. The standard InChI is InChI=1S/C9H12FN3S/c1-13(2)12-6-3-4-7(9(11)14)8(10)5-6/h3-5,12H,1-2H3,(H2,11,14). The monoisotopic (exact) mass is 213 g/mol. The molecular formula is C9H12FN3S. The summed E-state index contributed by atoms with van der Waals surface area (Å²) in [6.45, 7) is 0. The lowest BCUT2D eigenvalue weighted by molar-refractivity contribution is 0.494. The van der Waals surface area contributed by atoms with E-state index in [1.54, 1.807) is 17.1 Å². The molecule has 0 saturated carbocycles. The smallest absolute Gasteiger partial charge is 0.135 e. The van der Waals surface area contributed by atoms with Crippen LogP contribution in [-0.2, 0) is 0 Å². The van der Waals surface area contributed by atoms with Crippen LogP contribution in [-0.4, -0.2) is 24.1 Å². The Hall–Kier alpha value is -1.20. The first-order valence-corrected chi connectivity index (χ1v) is 4.45. The normalized spacial score (nSPS) is 10.3. The summed E-state index contributed by atoms with van der Waals surface area (Å²) in [5.41, 5.74) is 9.18. The lowest BCUT2D eigenvalue weighted by Crippen LogP contribution is -2.20. The Morgan fingerprint density at radius 2 is 2.14 bits per heavy atom. The fourth-order valence-electron chi connectivity index (χ4n) is 1.04. The molecule has 1 rings (SSSR count). The predicted molar refractivity (Wildman–Crippen MR) is 59.6 cm³/mol. The van der Waals surface area contributed by atoms with Gasteiger partial charge in [0.05, 0.1) is 5.69 Å². The van der Waals surface area contributed by atoms with Crippen LogP contribution in [0.2, 0.25) is 0 Å². The molecule has 3 N–H and O–H groups in total. The number of thiocarbonyl (C=S) groups is 1. The number of anilines is 1. The molecule has 0 aromatic heterocycles. The molecule has 0 aliphatic heterocycles. The summed E-state index contributed by atoms with van der Waals surface area (Å²) in [4.78, 5) is 0.0684. The van der Waals surface area contributed by atoms with E-state index in [-0.39, 0.29) is 10.6 Å². The van der Waals surface area contributed by atoms with E-state index < -0.39 is 5.82 Å². The number of halogens is 1. The number of rotatable bonds is 3. The summed E-state index contributed by atoms with van der Waals surface area (Å²) in [6.07, 6.45) is 0. The number of hydrazine groups is 1. The van der Waals surface area contributed by atoms with E-state index in [9.17, 15) is 4.39 Å². The van der Waals surface area contributed by atoms with Crippen LogP contribution in [0.4, 0.5) is 10.1 Å². The molecule has 0 heterocycles. The molecule has 5 heteroatoms. The lowest BCUT2D eigenvalue weighted by atomic mass is 10.2. The van der Waals surface area contributed by atoms with Crippen LogP contribution in [0.15, 0.2) is 18.2 Å². The zero-order valence-electron chi connectivity index (χ0n) is 8.04. The van der Waals surface area contributed by atoms with Crippen LogP contribution in [0.3, 0.4) is 0 Å². The van der Waals surface area contributed by atoms with E-state index in [1.165, 1.54) is 6.07 Å². The SMILES string of the molecule is CN(C)Nc1ccc(C(N)=S)c(F)c1. The van der Waals surface area contributed by atoms with Crippen molar-refractivity contribution >= 4 is 22.9 Å². The highest BCUT2D eigenvalue weighted by atomic mass is 32.1. The second-order valence-corrected chi connectivity index (χ2v) is 3.50. The van der Waals surface area contributed by atoms with Crippen LogP contribution < -0.4 is 11.2 Å². The predicted octanol–water partition coefficient (Wildman–Crippen LogP) is 1.35. The van der Waals surface area contributed by atoms with Gasteiger partial charge in [0, 0.05) is 19.7 Å². The van der Waals surface area contributed by atoms with Crippen molar-refractivity contribution in [3.8, 4) is 0 Å². The van der Waals surface area contributed by atoms with Gasteiger partial charge in [0.2, 0.25) is 0 Å². The van der Waals surface area contributed by atoms with Gasteiger partial charge >= 0.3 is 0 Å². The number of benzene rings is 1. The third kappa shape index (κ3) is 2.65. The van der Waals surface area contributed by atoms with E-state index in [4.69, 9.17) is 5.73 Å². The lowest BCUT2D eigenvalue weighted by Gasteiger charge is -2.13. The molecule has 1 aromatic rings. The van der Waals surface area contributed by atoms with Gasteiger partial charge in [0.15, 0.2) is 0 Å². The second-order valence-electron chi connectivity index (χ2n) is 3.07. The van der Waals surface area contributed by atoms with Crippen molar-refractivity contribution in [3.63, 3.8) is 0 Å². The topological polar surface area (TPSA) is 41.3 Å². The van der Waals surface area contributed by atoms with Crippen molar-refractivity contribution in [2.45, 2.75) is 0 Å². The minimum absolute atomic E-state index is 0.0684. The van der Waals surface area contributed by atoms with Gasteiger partial charge in [-0.2, -0.15) is 0 Å². The molecule has 76 valence electrons. The van der Waals surface area contributed by atoms with Crippen LogP contribution in [0.1, 0.15) is 5.56 Å². The molecule has 0 amide bonds. The maximum Gasteiger partial charge on any atom is 0.135 e. The summed E-state index contributed by atoms with van der Waals surface area (Å²) in [7, 11) is 3.64. The zero-order valence-corrected chi connectivity index (χ0v) is 8.86. The van der Waals surface area contributed by atoms with Crippen molar-refractivity contribution in [1.82, 2.24) is 5.01 Å². The van der Waals surface area contributed by atoms with Crippen molar-refractivity contribution in [2.75, 3.05) is 19.5 Å². The van der Waals surface area contributed by atoms with Crippen LogP contribution in [0, 0.1) is 5.82 Å². The molecule has 0 bridgehead atoms. The van der Waals surface area contributed by atoms with Gasteiger partial charge in [-0.1, -0.05) is 12.2 Å². The fourth-order valence-corrected chi connectivity index (χ4v) is 1.21. The Morgan fingerprint density at radius 3 is 2.57 bits per heavy atom. The van der Waals surface area contributed by atoms with E-state index in [0.29, 0.717) is 5.69 Å². The average molecular weight is 213 g/mol. The fraction of sp³-hybridized carbons (Fsp3) is 0.222. The second kappa shape index (κ2) is 4.34. The first-order valence-electron chi connectivity index (χ1n) is 4.04. The molecule has 0 aliphatic rings. The highest BCUT2D eigenvalue weighted by molar-refractivity contribution is 7.80. The van der Waals surface area contributed by atoms with Crippen LogP contribution in [0.25, 0.3) is 0 Å². The van der Waals surface area contributed by atoms with Crippen LogP contribution in [0.5, 0.6) is 0 Å². The first kappa shape index (κ1) is 10.9. The third-order valence-corrected chi connectivity index (χ3v) is 1.81. The molecule has 1 aromatic carbocycles. The number of nitrogens with one attached hydrogen (secondary N) is 1. The molecular weight excluding hydrogens is 201 g/mol. The molecule has 0 unspecified atom stereocenters. The maximum atomic E-state index is 13.3. The molecule has 3 nitrogen and oxygen atoms in total. The van der Waals surface area contributed by atoms with Crippen molar-refractivity contribution < 1.29 is 4.39 Å². The van der Waals surface area contributed by atoms with Gasteiger partial charge < -0.3 is 11.2 Å². The number of hydrogen-bond donors (Lipinski definition) is 2. The van der Waals surface area contributed by atoms with Gasteiger partial charge in [-0.05, 0) is 18.2 Å². The number of hydrogen-bond acceptors (Lipinski definition) is 3. The Morgan fingerprint density at radius 1 is 1.50 bits per heavy atom. The van der Waals surface area contributed by atoms with Crippen LogP contribution >= 0.6 is 12.2 Å². The molecule has 0 radical (unpaired) electrons. The molecule has 14 heavy (non-hydrogen) atoms. The van der Waals surface area contributed by atoms with Crippen molar-refractivity contribution in [3.05, 3.63) is 29.6 Å². The molecule has 0 saturated heterocycles. The van der Waals surface area contributed by atoms with Gasteiger partial charge in [-0.15, -0.1) is 0 Å². The minimum atomic E-state index is -0.413. The zero-order chi connectivity index (χ0) is 10.7. The van der Waals surface area contributed by atoms with Crippen molar-refractivity contribution in [2.24, 2.45) is 5.73 Å². The Balaban J connectivity index is 2.94. The molecule has 0 spiro atoms. The summed E-state index contributed by atoms with van der Waals surface area (Å²) in [5.74, 6) is -0.413. The molecule has 0 atom stereocenters. The Kier molecular flexibility index (Phi) is 3.38. The van der Waals surface area contributed by atoms with E-state index in [0.717, 1.165) is 0 Å². The van der Waals surface area contributed by atoms with E-state index in [2.05, 4.69) is 17.6 Å². The van der Waals surface area contributed by atoms with E-state index in [1.807, 2.05) is 14.1 Å². The molecule has 0 aliphatic carbocycles. The summed E-state index contributed by atoms with van der Waals surface area (Å²) in [5, 5.41) is 1.72. The Labute approximate surface area is 87.7 Å². The minimum Gasteiger partial charge on any atom is -0.389 e. The third-order valence-electron chi connectivity index (χ3n) is 1.59. The average Bonchev–Trinajstić information content (AvgIpc) is 2.01. The quantitative estimate of drug-likeness (QED) is 0.587. The summed E-state index contributed by atoms with van der Waals surface area (Å²) in [6, 6.07) is 4.63. The highest BCUT2D eigenvalue weighted by Gasteiger charge is 2.05. The van der Waals surface area contributed by atoms with Gasteiger partial charge in [0.1, 0.15) is 10.8 Å². The van der Waals surface area contributed by atoms with Gasteiger partial charge in [0.25, 0.3) is 0 Å². The van der Waals surface area contributed by atoms with Crippen molar-refractivity contribution in [1.29, 1.82) is 0 Å². The largest absolute Gasteiger partial charge is 0.389 e. The first-order chi connectivity index (χ1) is 6.50.